The first-order chi connectivity index (χ1) is 12.6. The van der Waals surface area contributed by atoms with Crippen molar-refractivity contribution in [3.8, 4) is 0 Å². The molecule has 0 bridgehead atoms. The Bertz CT molecular complexity index is 719. The van der Waals surface area contributed by atoms with Crippen LogP contribution >= 0.6 is 0 Å². The predicted octanol–water partition coefficient (Wildman–Crippen LogP) is 1.45. The van der Waals surface area contributed by atoms with Gasteiger partial charge in [0.25, 0.3) is 5.91 Å². The van der Waals surface area contributed by atoms with Crippen LogP contribution < -0.4 is 5.32 Å². The number of amides is 1. The second-order valence-corrected chi connectivity index (χ2v) is 6.85. The van der Waals surface area contributed by atoms with Crippen molar-refractivity contribution in [2.75, 3.05) is 19.6 Å². The Labute approximate surface area is 153 Å². The number of aromatic nitrogens is 2. The minimum Gasteiger partial charge on any atom is -0.379 e. The molecule has 0 aliphatic carbocycles. The van der Waals surface area contributed by atoms with Crippen molar-refractivity contribution in [2.45, 2.75) is 44.8 Å². The van der Waals surface area contributed by atoms with E-state index in [1.807, 2.05) is 18.2 Å². The fourth-order valence-corrected chi connectivity index (χ4v) is 3.36. The van der Waals surface area contributed by atoms with E-state index in [1.165, 1.54) is 5.56 Å². The zero-order valence-corrected chi connectivity index (χ0v) is 15.1. The molecular formula is C19H26N4O3. The van der Waals surface area contributed by atoms with Crippen molar-refractivity contribution < 1.29 is 14.4 Å². The van der Waals surface area contributed by atoms with Crippen LogP contribution in [0.5, 0.6) is 0 Å². The van der Waals surface area contributed by atoms with Crippen molar-refractivity contribution in [3.63, 3.8) is 0 Å². The first-order valence-corrected chi connectivity index (χ1v) is 9.12. The molecule has 1 fully saturated rings. The highest BCUT2D eigenvalue weighted by Crippen LogP contribution is 2.22. The molecule has 1 aliphatic rings. The number of nitrogens with one attached hydrogen (secondary N) is 1. The largest absolute Gasteiger partial charge is 0.379 e. The summed E-state index contributed by atoms with van der Waals surface area (Å²) in [4.78, 5) is 18.6. The second kappa shape index (κ2) is 8.42. The van der Waals surface area contributed by atoms with Crippen LogP contribution in [0.3, 0.4) is 0 Å². The van der Waals surface area contributed by atoms with Gasteiger partial charge in [-0.15, -0.1) is 0 Å². The molecule has 1 saturated heterocycles. The lowest BCUT2D eigenvalue weighted by molar-refractivity contribution is -0.156. The van der Waals surface area contributed by atoms with Gasteiger partial charge in [0.05, 0.1) is 6.54 Å². The van der Waals surface area contributed by atoms with Gasteiger partial charge < -0.3 is 19.8 Å². The molecule has 26 heavy (non-hydrogen) atoms. The van der Waals surface area contributed by atoms with Crippen LogP contribution in [0.25, 0.3) is 0 Å². The molecule has 1 amide bonds. The molecule has 2 aromatic rings. The molecule has 3 rings (SSSR count). The highest BCUT2D eigenvalue weighted by Gasteiger charge is 2.41. The summed E-state index contributed by atoms with van der Waals surface area (Å²) < 4.78 is 4.91. The topological polar surface area (TPSA) is 91.5 Å². The zero-order valence-electron chi connectivity index (χ0n) is 15.1. The van der Waals surface area contributed by atoms with E-state index in [0.29, 0.717) is 37.8 Å². The third-order valence-electron chi connectivity index (χ3n) is 4.71. The first-order valence-electron chi connectivity index (χ1n) is 9.12. The summed E-state index contributed by atoms with van der Waals surface area (Å²) in [5, 5.41) is 17.7. The molecule has 1 unspecified atom stereocenters. The molecule has 7 heteroatoms. The van der Waals surface area contributed by atoms with Gasteiger partial charge in [0.1, 0.15) is 0 Å². The Morgan fingerprint density at radius 1 is 1.35 bits per heavy atom. The molecule has 1 atom stereocenters. The summed E-state index contributed by atoms with van der Waals surface area (Å²) in [5.74, 6) is 0.835. The smallest absolute Gasteiger partial charge is 0.255 e. The molecule has 2 N–H and O–H groups in total. The highest BCUT2D eigenvalue weighted by atomic mass is 16.5. The standard InChI is InChI=1S/C19H26N4O3/c1-15-21-17(22-26-15)13-20-14-19(25)10-6-12-23(18(19)24)11-5-9-16-7-3-2-4-8-16/h2-4,7-8,20,25H,5-6,9-14H2,1H3. The maximum atomic E-state index is 12.7. The third kappa shape index (κ3) is 4.68. The number of hydrogen-bond acceptors (Lipinski definition) is 6. The van der Waals surface area contributed by atoms with Crippen molar-refractivity contribution in [1.29, 1.82) is 0 Å². The Balaban J connectivity index is 1.47. The Kier molecular flexibility index (Phi) is 6.00. The molecule has 1 aliphatic heterocycles. The predicted molar refractivity (Wildman–Crippen MR) is 96.3 cm³/mol. The Hall–Kier alpha value is -2.25. The van der Waals surface area contributed by atoms with E-state index in [1.54, 1.807) is 11.8 Å². The molecule has 1 aromatic carbocycles. The third-order valence-corrected chi connectivity index (χ3v) is 4.71. The van der Waals surface area contributed by atoms with E-state index in [4.69, 9.17) is 4.52 Å². The number of nitrogens with zero attached hydrogens (tertiary/aromatic N) is 3. The number of carbonyl (C=O) groups is 1. The fraction of sp³-hybridized carbons (Fsp3) is 0.526. The van der Waals surface area contributed by atoms with Crippen LogP contribution in [0.4, 0.5) is 0 Å². The van der Waals surface area contributed by atoms with Gasteiger partial charge in [0.15, 0.2) is 11.4 Å². The molecule has 2 heterocycles. The van der Waals surface area contributed by atoms with Gasteiger partial charge in [-0.2, -0.15) is 4.98 Å². The van der Waals surface area contributed by atoms with Crippen LogP contribution in [0.15, 0.2) is 34.9 Å². The summed E-state index contributed by atoms with van der Waals surface area (Å²) in [6.07, 6.45) is 3.09. The summed E-state index contributed by atoms with van der Waals surface area (Å²) >= 11 is 0. The van der Waals surface area contributed by atoms with Crippen molar-refractivity contribution in [1.82, 2.24) is 20.4 Å². The van der Waals surface area contributed by atoms with Gasteiger partial charge in [-0.05, 0) is 31.2 Å². The number of aryl methyl sites for hydroxylation is 2. The van der Waals surface area contributed by atoms with Crippen LogP contribution in [0, 0.1) is 6.92 Å². The summed E-state index contributed by atoms with van der Waals surface area (Å²) in [6.45, 7) is 3.65. The Morgan fingerprint density at radius 3 is 2.88 bits per heavy atom. The fourth-order valence-electron chi connectivity index (χ4n) is 3.36. The van der Waals surface area contributed by atoms with Crippen LogP contribution in [-0.4, -0.2) is 51.3 Å². The lowest BCUT2D eigenvalue weighted by Gasteiger charge is -2.38. The highest BCUT2D eigenvalue weighted by molar-refractivity contribution is 5.86. The number of aliphatic hydroxyl groups is 1. The maximum absolute atomic E-state index is 12.7. The van der Waals surface area contributed by atoms with E-state index < -0.39 is 5.60 Å². The van der Waals surface area contributed by atoms with E-state index in [2.05, 4.69) is 27.6 Å². The molecule has 0 radical (unpaired) electrons. The van der Waals surface area contributed by atoms with E-state index in [0.717, 1.165) is 19.3 Å². The SMILES string of the molecule is Cc1nc(CNCC2(O)CCCN(CCCc3ccccc3)C2=O)no1. The molecule has 140 valence electrons. The minimum atomic E-state index is -1.36. The quantitative estimate of drug-likeness (QED) is 0.742. The van der Waals surface area contributed by atoms with Gasteiger partial charge >= 0.3 is 0 Å². The van der Waals surface area contributed by atoms with Crippen LogP contribution in [-0.2, 0) is 17.8 Å². The Morgan fingerprint density at radius 2 is 2.15 bits per heavy atom. The molecular weight excluding hydrogens is 332 g/mol. The number of benzene rings is 1. The monoisotopic (exact) mass is 358 g/mol. The average molecular weight is 358 g/mol. The van der Waals surface area contributed by atoms with Crippen LogP contribution in [0.2, 0.25) is 0 Å². The van der Waals surface area contributed by atoms with Gasteiger partial charge in [-0.1, -0.05) is 35.5 Å². The second-order valence-electron chi connectivity index (χ2n) is 6.85. The molecule has 1 aromatic heterocycles. The van der Waals surface area contributed by atoms with E-state index >= 15 is 0 Å². The van der Waals surface area contributed by atoms with Gasteiger partial charge in [0, 0.05) is 26.6 Å². The van der Waals surface area contributed by atoms with Crippen molar-refractivity contribution >= 4 is 5.91 Å². The number of carbonyl (C=O) groups excluding carboxylic acids is 1. The molecule has 7 nitrogen and oxygen atoms in total. The minimum absolute atomic E-state index is 0.186. The van der Waals surface area contributed by atoms with E-state index in [-0.39, 0.29) is 12.5 Å². The number of rotatable bonds is 8. The lowest BCUT2D eigenvalue weighted by atomic mass is 9.91. The molecule has 0 saturated carbocycles. The van der Waals surface area contributed by atoms with E-state index in [9.17, 15) is 9.90 Å². The molecule has 0 spiro atoms. The first kappa shape index (κ1) is 18.5. The normalized spacial score (nSPS) is 20.5. The maximum Gasteiger partial charge on any atom is 0.255 e. The van der Waals surface area contributed by atoms with Crippen molar-refractivity contribution in [2.24, 2.45) is 0 Å². The number of piperidine rings is 1. The summed E-state index contributed by atoms with van der Waals surface area (Å²) in [6, 6.07) is 10.2. The average Bonchev–Trinajstić information content (AvgIpc) is 3.05. The summed E-state index contributed by atoms with van der Waals surface area (Å²) in [5.41, 5.74) is -0.0895. The van der Waals surface area contributed by atoms with Gasteiger partial charge in [0.2, 0.25) is 5.89 Å². The van der Waals surface area contributed by atoms with Gasteiger partial charge in [-0.25, -0.2) is 0 Å². The van der Waals surface area contributed by atoms with Crippen molar-refractivity contribution in [3.05, 3.63) is 47.6 Å². The zero-order chi connectivity index (χ0) is 18.4. The number of likely N-dealkylation sites (tertiary alicyclic amines) is 1. The van der Waals surface area contributed by atoms with Crippen LogP contribution in [0.1, 0.15) is 36.5 Å². The summed E-state index contributed by atoms with van der Waals surface area (Å²) in [7, 11) is 0. The lowest BCUT2D eigenvalue weighted by Crippen LogP contribution is -2.58. The van der Waals surface area contributed by atoms with Gasteiger partial charge in [-0.3, -0.25) is 4.79 Å². The number of hydrogen-bond donors (Lipinski definition) is 2.